The van der Waals surface area contributed by atoms with Gasteiger partial charge in [-0.25, -0.2) is 0 Å². The molecule has 21 heavy (non-hydrogen) atoms. The van der Waals surface area contributed by atoms with E-state index in [2.05, 4.69) is 10.3 Å². The molecule has 0 aliphatic carbocycles. The normalized spacial score (nSPS) is 14.6. The lowest BCUT2D eigenvalue weighted by atomic mass is 10.1. The number of amides is 1. The molecule has 0 unspecified atom stereocenters. The van der Waals surface area contributed by atoms with E-state index in [1.807, 2.05) is 5.32 Å². The molecule has 1 amide bonds. The first-order valence-electron chi connectivity index (χ1n) is 6.05. The molecule has 0 aliphatic rings. The number of carbonyl (C=O) groups is 1. The summed E-state index contributed by atoms with van der Waals surface area (Å²) in [5, 5.41) is 13.7. The Morgan fingerprint density at radius 3 is 2.48 bits per heavy atom. The van der Waals surface area contributed by atoms with E-state index in [1.54, 1.807) is 0 Å². The van der Waals surface area contributed by atoms with Crippen molar-refractivity contribution in [2.24, 2.45) is 0 Å². The Bertz CT molecular complexity index is 583. The van der Waals surface area contributed by atoms with Crippen LogP contribution in [0.3, 0.4) is 0 Å². The first-order chi connectivity index (χ1) is 9.59. The summed E-state index contributed by atoms with van der Waals surface area (Å²) >= 11 is 0. The van der Waals surface area contributed by atoms with Crippen LogP contribution in [0.1, 0.15) is 24.2 Å². The Labute approximate surface area is 118 Å². The quantitative estimate of drug-likeness (QED) is 0.659. The fourth-order valence-corrected chi connectivity index (χ4v) is 1.74. The van der Waals surface area contributed by atoms with Crippen molar-refractivity contribution in [1.29, 1.82) is 0 Å². The van der Waals surface area contributed by atoms with E-state index in [-0.39, 0.29) is 5.69 Å². The van der Waals surface area contributed by atoms with Crippen LogP contribution in [-0.4, -0.2) is 35.3 Å². The van der Waals surface area contributed by atoms with Crippen LogP contribution in [0, 0.1) is 6.92 Å². The summed E-state index contributed by atoms with van der Waals surface area (Å²) in [5.41, 5.74) is -1.78. The van der Waals surface area contributed by atoms with E-state index >= 15 is 0 Å². The molecule has 0 radical (unpaired) electrons. The van der Waals surface area contributed by atoms with E-state index < -0.39 is 40.9 Å². The van der Waals surface area contributed by atoms with Crippen LogP contribution >= 0.6 is 0 Å². The first kappa shape index (κ1) is 17.0. The topological polar surface area (TPSA) is 94.2 Å². The number of pyridine rings is 1. The molecule has 4 N–H and O–H groups in total. The van der Waals surface area contributed by atoms with Crippen LogP contribution < -0.4 is 16.1 Å². The van der Waals surface area contributed by atoms with Gasteiger partial charge < -0.3 is 15.4 Å². The zero-order valence-electron chi connectivity index (χ0n) is 11.6. The molecular formula is C12H16F3N3O3. The summed E-state index contributed by atoms with van der Waals surface area (Å²) in [6.45, 7) is 2.59. The highest BCUT2D eigenvalue weighted by molar-refractivity contribution is 5.81. The zero-order valence-corrected chi connectivity index (χ0v) is 11.6. The van der Waals surface area contributed by atoms with Crippen molar-refractivity contribution in [3.05, 3.63) is 27.7 Å². The van der Waals surface area contributed by atoms with E-state index in [4.69, 9.17) is 0 Å². The van der Waals surface area contributed by atoms with Gasteiger partial charge in [-0.05, 0) is 13.8 Å². The second kappa shape index (κ2) is 6.17. The van der Waals surface area contributed by atoms with Crippen LogP contribution in [0.4, 0.5) is 13.2 Å². The summed E-state index contributed by atoms with van der Waals surface area (Å²) in [6, 6.07) is -3.55. The van der Waals surface area contributed by atoms with Crippen molar-refractivity contribution in [1.82, 2.24) is 15.6 Å². The van der Waals surface area contributed by atoms with Gasteiger partial charge in [-0.2, -0.15) is 13.2 Å². The van der Waals surface area contributed by atoms with Gasteiger partial charge in [0.2, 0.25) is 11.3 Å². The molecule has 0 fully saturated rings. The SMILES string of the molecule is CNC(=O)[C@H](C)N[C@H](c1c[nH]c(C)c(O)c1=O)C(F)(F)F. The number of hydrogen-bond acceptors (Lipinski definition) is 4. The van der Waals surface area contributed by atoms with Crippen LogP contribution in [0.5, 0.6) is 5.75 Å². The zero-order chi connectivity index (χ0) is 16.4. The molecule has 1 rings (SSSR count). The minimum absolute atomic E-state index is 0.0593. The number of aromatic amines is 1. The van der Waals surface area contributed by atoms with E-state index in [0.717, 1.165) is 6.20 Å². The molecule has 9 heteroatoms. The molecule has 118 valence electrons. The third-order valence-electron chi connectivity index (χ3n) is 2.97. The maximum absolute atomic E-state index is 13.1. The predicted molar refractivity (Wildman–Crippen MR) is 68.9 cm³/mol. The van der Waals surface area contributed by atoms with E-state index in [1.165, 1.54) is 20.9 Å². The lowest BCUT2D eigenvalue weighted by Crippen LogP contribution is -2.47. The summed E-state index contributed by atoms with van der Waals surface area (Å²) in [5.74, 6) is -1.44. The molecule has 2 atom stereocenters. The smallest absolute Gasteiger partial charge is 0.408 e. The van der Waals surface area contributed by atoms with Crippen LogP contribution in [0.2, 0.25) is 0 Å². The number of H-pyrrole nitrogens is 1. The third kappa shape index (κ3) is 3.75. The highest BCUT2D eigenvalue weighted by Crippen LogP contribution is 2.32. The van der Waals surface area contributed by atoms with E-state index in [0.29, 0.717) is 0 Å². The van der Waals surface area contributed by atoms with Crippen molar-refractivity contribution in [2.45, 2.75) is 32.1 Å². The van der Waals surface area contributed by atoms with E-state index in [9.17, 15) is 27.9 Å². The van der Waals surface area contributed by atoms with Gasteiger partial charge in [0.15, 0.2) is 5.75 Å². The van der Waals surface area contributed by atoms with Gasteiger partial charge >= 0.3 is 6.18 Å². The maximum Gasteiger partial charge on any atom is 0.408 e. The molecule has 1 aromatic heterocycles. The Kier molecular flexibility index (Phi) is 5.00. The Hall–Kier alpha value is -2.03. The fraction of sp³-hybridized carbons (Fsp3) is 0.500. The number of aryl methyl sites for hydroxylation is 1. The number of halogens is 3. The number of likely N-dealkylation sites (N-methyl/N-ethyl adjacent to an activating group) is 1. The minimum atomic E-state index is -4.81. The predicted octanol–water partition coefficient (Wildman–Crippen LogP) is 0.716. The van der Waals surface area contributed by atoms with Gasteiger partial charge in [-0.3, -0.25) is 14.9 Å². The number of carbonyl (C=O) groups excluding carboxylic acids is 1. The summed E-state index contributed by atoms with van der Waals surface area (Å²) in [7, 11) is 1.29. The van der Waals surface area contributed by atoms with Crippen LogP contribution in [0.15, 0.2) is 11.0 Å². The van der Waals surface area contributed by atoms with Gasteiger partial charge in [0, 0.05) is 18.8 Å². The van der Waals surface area contributed by atoms with Gasteiger partial charge in [-0.15, -0.1) is 0 Å². The van der Waals surface area contributed by atoms with Gasteiger partial charge in [-0.1, -0.05) is 0 Å². The summed E-state index contributed by atoms with van der Waals surface area (Å²) in [4.78, 5) is 25.5. The Balaban J connectivity index is 3.25. The number of aromatic hydroxyl groups is 1. The maximum atomic E-state index is 13.1. The summed E-state index contributed by atoms with van der Waals surface area (Å²) in [6.07, 6.45) is -3.93. The molecule has 0 spiro atoms. The largest absolute Gasteiger partial charge is 0.503 e. The number of aromatic nitrogens is 1. The third-order valence-corrected chi connectivity index (χ3v) is 2.97. The van der Waals surface area contributed by atoms with Crippen molar-refractivity contribution in [3.8, 4) is 5.75 Å². The van der Waals surface area contributed by atoms with Gasteiger partial charge in [0.05, 0.1) is 11.7 Å². The second-order valence-corrected chi connectivity index (χ2v) is 4.52. The molecule has 0 aliphatic heterocycles. The van der Waals surface area contributed by atoms with Crippen molar-refractivity contribution < 1.29 is 23.1 Å². The van der Waals surface area contributed by atoms with Crippen molar-refractivity contribution in [3.63, 3.8) is 0 Å². The molecule has 0 saturated heterocycles. The monoisotopic (exact) mass is 307 g/mol. The van der Waals surface area contributed by atoms with Crippen LogP contribution in [0.25, 0.3) is 0 Å². The fourth-order valence-electron chi connectivity index (χ4n) is 1.74. The lowest BCUT2D eigenvalue weighted by molar-refractivity contribution is -0.160. The minimum Gasteiger partial charge on any atom is -0.503 e. The molecule has 1 aromatic rings. The lowest BCUT2D eigenvalue weighted by Gasteiger charge is -2.24. The Morgan fingerprint density at radius 2 is 2.00 bits per heavy atom. The van der Waals surface area contributed by atoms with Crippen LogP contribution in [-0.2, 0) is 4.79 Å². The average Bonchev–Trinajstić information content (AvgIpc) is 2.40. The highest BCUT2D eigenvalue weighted by atomic mass is 19.4. The highest BCUT2D eigenvalue weighted by Gasteiger charge is 2.43. The molecule has 0 aromatic carbocycles. The van der Waals surface area contributed by atoms with Gasteiger partial charge in [0.25, 0.3) is 0 Å². The molecule has 1 heterocycles. The van der Waals surface area contributed by atoms with Crippen molar-refractivity contribution >= 4 is 5.91 Å². The summed E-state index contributed by atoms with van der Waals surface area (Å²) < 4.78 is 39.4. The first-order valence-corrected chi connectivity index (χ1v) is 6.05. The van der Waals surface area contributed by atoms with Gasteiger partial charge in [0.1, 0.15) is 6.04 Å². The standard InChI is InChI=1S/C12H16F3N3O3/c1-5-8(19)9(20)7(4-17-5)10(12(13,14)15)18-6(2)11(21)16-3/h4,6,10,18-19H,1-3H3,(H,16,21)(H,17,20)/t6-,10+/m0/s1. The second-order valence-electron chi connectivity index (χ2n) is 4.52. The molecular weight excluding hydrogens is 291 g/mol. The number of rotatable bonds is 4. The molecule has 6 nitrogen and oxygen atoms in total. The van der Waals surface area contributed by atoms with Crippen molar-refractivity contribution in [2.75, 3.05) is 7.05 Å². The molecule has 0 bridgehead atoms. The molecule has 0 saturated carbocycles. The number of alkyl halides is 3. The average molecular weight is 307 g/mol. The number of hydrogen-bond donors (Lipinski definition) is 4. The Morgan fingerprint density at radius 1 is 1.43 bits per heavy atom. The number of nitrogens with one attached hydrogen (secondary N) is 3.